The number of nitro groups is 1. The summed E-state index contributed by atoms with van der Waals surface area (Å²) in [6.07, 6.45) is 0. The largest absolute Gasteiger partial charge is 0.457 e. The number of nitro benzene ring substituents is 1. The number of hydrogen-bond acceptors (Lipinski definition) is 3. The molecular formula is C12H7BrClNO3. The van der Waals surface area contributed by atoms with Crippen LogP contribution in [0.1, 0.15) is 0 Å². The monoisotopic (exact) mass is 327 g/mol. The van der Waals surface area contributed by atoms with Gasteiger partial charge in [-0.15, -0.1) is 0 Å². The maximum Gasteiger partial charge on any atom is 0.274 e. The number of rotatable bonds is 3. The zero-order chi connectivity index (χ0) is 13.1. The Bertz CT molecular complexity index is 586. The number of hydrogen-bond donors (Lipinski definition) is 0. The van der Waals surface area contributed by atoms with E-state index in [1.165, 1.54) is 12.1 Å². The van der Waals surface area contributed by atoms with Gasteiger partial charge in [0.1, 0.15) is 11.5 Å². The minimum atomic E-state index is -0.473. The Morgan fingerprint density at radius 1 is 1.11 bits per heavy atom. The Labute approximate surface area is 116 Å². The normalized spacial score (nSPS) is 10.1. The summed E-state index contributed by atoms with van der Waals surface area (Å²) in [6, 6.07) is 11.2. The van der Waals surface area contributed by atoms with Crippen LogP contribution in [0.2, 0.25) is 5.02 Å². The third kappa shape index (κ3) is 3.21. The summed E-state index contributed by atoms with van der Waals surface area (Å²) < 4.78 is 6.10. The molecule has 0 aliphatic rings. The van der Waals surface area contributed by atoms with Gasteiger partial charge >= 0.3 is 0 Å². The standard InChI is InChI=1S/C12H7BrClNO3/c13-8-5-10(15(16)17)7-12(6-8)18-11-3-1-9(14)2-4-11/h1-7H. The molecular weight excluding hydrogens is 321 g/mol. The highest BCUT2D eigenvalue weighted by atomic mass is 79.9. The van der Waals surface area contributed by atoms with Crippen molar-refractivity contribution in [2.75, 3.05) is 0 Å². The summed E-state index contributed by atoms with van der Waals surface area (Å²) >= 11 is 8.96. The van der Waals surface area contributed by atoms with E-state index >= 15 is 0 Å². The van der Waals surface area contributed by atoms with Crippen molar-refractivity contribution in [3.63, 3.8) is 0 Å². The second-order valence-electron chi connectivity index (χ2n) is 3.46. The number of nitrogens with zero attached hydrogens (tertiary/aromatic N) is 1. The molecule has 0 bridgehead atoms. The van der Waals surface area contributed by atoms with Crippen molar-refractivity contribution in [3.8, 4) is 11.5 Å². The minimum absolute atomic E-state index is 0.0339. The van der Waals surface area contributed by atoms with E-state index < -0.39 is 4.92 Å². The molecule has 0 heterocycles. The fourth-order valence-electron chi connectivity index (χ4n) is 1.35. The van der Waals surface area contributed by atoms with Crippen LogP contribution < -0.4 is 4.74 Å². The van der Waals surface area contributed by atoms with Crippen molar-refractivity contribution < 1.29 is 9.66 Å². The van der Waals surface area contributed by atoms with Crippen LogP contribution in [0.4, 0.5) is 5.69 Å². The molecule has 4 nitrogen and oxygen atoms in total. The Morgan fingerprint density at radius 2 is 1.78 bits per heavy atom. The lowest BCUT2D eigenvalue weighted by molar-refractivity contribution is -0.385. The van der Waals surface area contributed by atoms with Crippen molar-refractivity contribution in [2.45, 2.75) is 0 Å². The summed E-state index contributed by atoms with van der Waals surface area (Å²) in [7, 11) is 0. The number of benzene rings is 2. The lowest BCUT2D eigenvalue weighted by Crippen LogP contribution is -1.90. The molecule has 2 aromatic rings. The maximum absolute atomic E-state index is 10.7. The predicted octanol–water partition coefficient (Wildman–Crippen LogP) is 4.80. The van der Waals surface area contributed by atoms with Gasteiger partial charge in [-0.1, -0.05) is 27.5 Å². The highest BCUT2D eigenvalue weighted by Gasteiger charge is 2.10. The molecule has 2 rings (SSSR count). The van der Waals surface area contributed by atoms with Crippen molar-refractivity contribution in [1.82, 2.24) is 0 Å². The fraction of sp³-hybridized carbons (Fsp3) is 0. The van der Waals surface area contributed by atoms with E-state index in [9.17, 15) is 10.1 Å². The van der Waals surface area contributed by atoms with E-state index in [1.54, 1.807) is 30.3 Å². The summed E-state index contributed by atoms with van der Waals surface area (Å²) in [4.78, 5) is 10.2. The Balaban J connectivity index is 2.28. The smallest absolute Gasteiger partial charge is 0.274 e. The van der Waals surface area contributed by atoms with Gasteiger partial charge < -0.3 is 4.74 Å². The number of non-ortho nitro benzene ring substituents is 1. The third-order valence-electron chi connectivity index (χ3n) is 2.12. The average molecular weight is 329 g/mol. The van der Waals surface area contributed by atoms with Crippen LogP contribution >= 0.6 is 27.5 Å². The number of ether oxygens (including phenoxy) is 1. The van der Waals surface area contributed by atoms with E-state index in [1.807, 2.05) is 0 Å². The molecule has 0 aliphatic heterocycles. The fourth-order valence-corrected chi connectivity index (χ4v) is 1.94. The van der Waals surface area contributed by atoms with Crippen LogP contribution in [0.25, 0.3) is 0 Å². The molecule has 0 fully saturated rings. The van der Waals surface area contributed by atoms with Crippen LogP contribution in [-0.4, -0.2) is 4.92 Å². The van der Waals surface area contributed by atoms with Gasteiger partial charge in [-0.3, -0.25) is 10.1 Å². The Hall–Kier alpha value is -1.59. The minimum Gasteiger partial charge on any atom is -0.457 e. The van der Waals surface area contributed by atoms with Crippen LogP contribution in [0.15, 0.2) is 46.9 Å². The summed E-state index contributed by atoms with van der Waals surface area (Å²) in [5.41, 5.74) is -0.0339. The SMILES string of the molecule is O=[N+]([O-])c1cc(Br)cc(Oc2ccc(Cl)cc2)c1. The molecule has 0 amide bonds. The predicted molar refractivity (Wildman–Crippen MR) is 72.3 cm³/mol. The second kappa shape index (κ2) is 5.37. The van der Waals surface area contributed by atoms with Gasteiger partial charge in [0.2, 0.25) is 0 Å². The first kappa shape index (κ1) is 12.9. The molecule has 0 spiro atoms. The second-order valence-corrected chi connectivity index (χ2v) is 4.81. The van der Waals surface area contributed by atoms with Crippen molar-refractivity contribution >= 4 is 33.2 Å². The molecule has 92 valence electrons. The first-order chi connectivity index (χ1) is 8.54. The Kier molecular flexibility index (Phi) is 3.84. The van der Waals surface area contributed by atoms with E-state index in [4.69, 9.17) is 16.3 Å². The van der Waals surface area contributed by atoms with Crippen molar-refractivity contribution in [1.29, 1.82) is 0 Å². The van der Waals surface area contributed by atoms with Crippen molar-refractivity contribution in [3.05, 3.63) is 62.1 Å². The topological polar surface area (TPSA) is 52.4 Å². The van der Waals surface area contributed by atoms with Crippen LogP contribution in [-0.2, 0) is 0 Å². The van der Waals surface area contributed by atoms with Gasteiger partial charge in [-0.05, 0) is 30.3 Å². The lowest BCUT2D eigenvalue weighted by Gasteiger charge is -2.06. The quantitative estimate of drug-likeness (QED) is 0.600. The molecule has 0 atom stereocenters. The molecule has 0 aliphatic carbocycles. The first-order valence-electron chi connectivity index (χ1n) is 4.93. The highest BCUT2D eigenvalue weighted by molar-refractivity contribution is 9.10. The molecule has 0 radical (unpaired) electrons. The number of halogens is 2. The maximum atomic E-state index is 10.7. The van der Waals surface area contributed by atoms with Crippen LogP contribution in [0, 0.1) is 10.1 Å². The summed E-state index contributed by atoms with van der Waals surface area (Å²) in [5.74, 6) is 0.949. The first-order valence-corrected chi connectivity index (χ1v) is 6.10. The molecule has 0 aromatic heterocycles. The van der Waals surface area contributed by atoms with Crippen LogP contribution in [0.5, 0.6) is 11.5 Å². The van der Waals surface area contributed by atoms with Gasteiger partial charge in [-0.2, -0.15) is 0 Å². The van der Waals surface area contributed by atoms with E-state index in [2.05, 4.69) is 15.9 Å². The van der Waals surface area contributed by atoms with Gasteiger partial charge in [0, 0.05) is 15.6 Å². The molecule has 0 saturated heterocycles. The highest BCUT2D eigenvalue weighted by Crippen LogP contribution is 2.30. The van der Waals surface area contributed by atoms with Gasteiger partial charge in [-0.25, -0.2) is 0 Å². The third-order valence-corrected chi connectivity index (χ3v) is 2.83. The molecule has 0 unspecified atom stereocenters. The summed E-state index contributed by atoms with van der Waals surface area (Å²) in [6.45, 7) is 0. The van der Waals surface area contributed by atoms with Crippen molar-refractivity contribution in [2.24, 2.45) is 0 Å². The lowest BCUT2D eigenvalue weighted by atomic mass is 10.3. The van der Waals surface area contributed by atoms with Gasteiger partial charge in [0.05, 0.1) is 11.0 Å². The van der Waals surface area contributed by atoms with Gasteiger partial charge in [0.15, 0.2) is 0 Å². The molecule has 6 heteroatoms. The molecule has 0 saturated carbocycles. The Morgan fingerprint density at radius 3 is 2.39 bits per heavy atom. The summed E-state index contributed by atoms with van der Waals surface area (Å²) in [5, 5.41) is 11.3. The zero-order valence-electron chi connectivity index (χ0n) is 8.97. The van der Waals surface area contributed by atoms with E-state index in [0.29, 0.717) is 21.0 Å². The average Bonchev–Trinajstić information content (AvgIpc) is 2.31. The van der Waals surface area contributed by atoms with Crippen LogP contribution in [0.3, 0.4) is 0 Å². The zero-order valence-corrected chi connectivity index (χ0v) is 11.3. The molecule has 0 N–H and O–H groups in total. The van der Waals surface area contributed by atoms with E-state index in [0.717, 1.165) is 0 Å². The molecule has 18 heavy (non-hydrogen) atoms. The van der Waals surface area contributed by atoms with E-state index in [-0.39, 0.29) is 5.69 Å². The molecule has 2 aromatic carbocycles. The van der Waals surface area contributed by atoms with Gasteiger partial charge in [0.25, 0.3) is 5.69 Å².